The van der Waals surface area contributed by atoms with Crippen LogP contribution in [0.15, 0.2) is 5.38 Å². The quantitative estimate of drug-likeness (QED) is 0.830. The molecule has 1 fully saturated rings. The Labute approximate surface area is 98.7 Å². The van der Waals surface area contributed by atoms with Crippen molar-refractivity contribution in [1.82, 2.24) is 4.98 Å². The first-order valence-electron chi connectivity index (χ1n) is 5.52. The third-order valence-corrected chi connectivity index (χ3v) is 3.82. The van der Waals surface area contributed by atoms with Gasteiger partial charge in [0.25, 0.3) is 0 Å². The number of carbonyl (C=O) groups is 1. The molecule has 0 saturated heterocycles. The van der Waals surface area contributed by atoms with E-state index in [9.17, 15) is 4.79 Å². The van der Waals surface area contributed by atoms with Gasteiger partial charge in [0.05, 0.1) is 12.1 Å². The maximum absolute atomic E-state index is 10.4. The fourth-order valence-electron chi connectivity index (χ4n) is 1.80. The van der Waals surface area contributed by atoms with Gasteiger partial charge in [-0.25, -0.2) is 4.98 Å². The second kappa shape index (κ2) is 4.41. The minimum Gasteiger partial charge on any atom is -0.481 e. The van der Waals surface area contributed by atoms with Crippen molar-refractivity contribution in [2.45, 2.75) is 44.6 Å². The number of hydrogen-bond donors (Lipinski definition) is 2. The van der Waals surface area contributed by atoms with Crippen LogP contribution in [0.5, 0.6) is 0 Å². The molecule has 5 heteroatoms. The number of aromatic nitrogens is 1. The summed E-state index contributed by atoms with van der Waals surface area (Å²) in [6.45, 7) is 2.20. The first-order chi connectivity index (χ1) is 7.57. The van der Waals surface area contributed by atoms with E-state index in [1.54, 1.807) is 11.3 Å². The van der Waals surface area contributed by atoms with Crippen molar-refractivity contribution in [2.75, 3.05) is 5.32 Å². The molecule has 1 aromatic heterocycles. The summed E-state index contributed by atoms with van der Waals surface area (Å²) in [5, 5.41) is 14.9. The van der Waals surface area contributed by atoms with Crippen molar-refractivity contribution < 1.29 is 9.90 Å². The molecule has 0 aliphatic heterocycles. The van der Waals surface area contributed by atoms with Gasteiger partial charge in [-0.2, -0.15) is 0 Å². The standard InChI is InChI=1S/C11H16N2O2S/c1-11(5-2-6-11)13-10-12-8(7-16-10)3-4-9(14)15/h7H,2-6H2,1H3,(H,12,13)(H,14,15). The molecule has 1 aliphatic rings. The Balaban J connectivity index is 1.89. The molecule has 4 nitrogen and oxygen atoms in total. The molecule has 2 N–H and O–H groups in total. The van der Waals surface area contributed by atoms with E-state index < -0.39 is 5.97 Å². The van der Waals surface area contributed by atoms with Gasteiger partial charge in [0.15, 0.2) is 5.13 Å². The summed E-state index contributed by atoms with van der Waals surface area (Å²) < 4.78 is 0. The van der Waals surface area contributed by atoms with Crippen LogP contribution < -0.4 is 5.32 Å². The number of aliphatic carboxylic acids is 1. The van der Waals surface area contributed by atoms with E-state index in [4.69, 9.17) is 5.11 Å². The van der Waals surface area contributed by atoms with E-state index in [0.717, 1.165) is 10.8 Å². The van der Waals surface area contributed by atoms with Crippen LogP contribution in [0, 0.1) is 0 Å². The van der Waals surface area contributed by atoms with Gasteiger partial charge in [-0.05, 0) is 26.2 Å². The number of nitrogens with zero attached hydrogens (tertiary/aromatic N) is 1. The Kier molecular flexibility index (Phi) is 3.14. The predicted octanol–water partition coefficient (Wildman–Crippen LogP) is 2.51. The maximum Gasteiger partial charge on any atom is 0.303 e. The Morgan fingerprint density at radius 1 is 1.69 bits per heavy atom. The monoisotopic (exact) mass is 240 g/mol. The smallest absolute Gasteiger partial charge is 0.303 e. The van der Waals surface area contributed by atoms with Gasteiger partial charge in [-0.3, -0.25) is 4.79 Å². The summed E-state index contributed by atoms with van der Waals surface area (Å²) in [5.41, 5.74) is 1.08. The molecule has 1 aromatic rings. The van der Waals surface area contributed by atoms with Gasteiger partial charge in [0, 0.05) is 17.3 Å². The Morgan fingerprint density at radius 2 is 2.44 bits per heavy atom. The first-order valence-corrected chi connectivity index (χ1v) is 6.40. The number of nitrogens with one attached hydrogen (secondary N) is 1. The molecular formula is C11H16N2O2S. The van der Waals surface area contributed by atoms with Crippen LogP contribution in [-0.4, -0.2) is 21.6 Å². The third-order valence-electron chi connectivity index (χ3n) is 3.01. The average molecular weight is 240 g/mol. The molecule has 88 valence electrons. The molecule has 16 heavy (non-hydrogen) atoms. The molecule has 0 aromatic carbocycles. The van der Waals surface area contributed by atoms with Crippen LogP contribution in [0.3, 0.4) is 0 Å². The largest absolute Gasteiger partial charge is 0.481 e. The molecule has 0 atom stereocenters. The van der Waals surface area contributed by atoms with Gasteiger partial charge in [0.2, 0.25) is 0 Å². The molecule has 0 amide bonds. The third kappa shape index (κ3) is 2.72. The zero-order chi connectivity index (χ0) is 11.6. The summed E-state index contributed by atoms with van der Waals surface area (Å²) in [6, 6.07) is 0. The summed E-state index contributed by atoms with van der Waals surface area (Å²) >= 11 is 1.56. The lowest BCUT2D eigenvalue weighted by molar-refractivity contribution is -0.136. The molecule has 0 unspecified atom stereocenters. The molecule has 2 rings (SSSR count). The fourth-order valence-corrected chi connectivity index (χ4v) is 2.70. The number of hydrogen-bond acceptors (Lipinski definition) is 4. The van der Waals surface area contributed by atoms with Crippen LogP contribution in [0.25, 0.3) is 0 Å². The highest BCUT2D eigenvalue weighted by molar-refractivity contribution is 7.13. The highest BCUT2D eigenvalue weighted by atomic mass is 32.1. The molecule has 1 saturated carbocycles. The highest BCUT2D eigenvalue weighted by Crippen LogP contribution is 2.35. The molecule has 0 radical (unpaired) electrons. The predicted molar refractivity (Wildman–Crippen MR) is 63.9 cm³/mol. The Morgan fingerprint density at radius 3 is 3.00 bits per heavy atom. The van der Waals surface area contributed by atoms with E-state index >= 15 is 0 Å². The maximum atomic E-state index is 10.4. The zero-order valence-corrected chi connectivity index (χ0v) is 10.1. The van der Waals surface area contributed by atoms with Gasteiger partial charge < -0.3 is 10.4 Å². The number of aryl methyl sites for hydroxylation is 1. The van der Waals surface area contributed by atoms with E-state index in [2.05, 4.69) is 17.2 Å². The SMILES string of the molecule is CC1(Nc2nc(CCC(=O)O)cs2)CCC1. The molecule has 1 heterocycles. The summed E-state index contributed by atoms with van der Waals surface area (Å²) in [4.78, 5) is 14.8. The van der Waals surface area contributed by atoms with Crippen LogP contribution >= 0.6 is 11.3 Å². The van der Waals surface area contributed by atoms with Crippen LogP contribution in [0.2, 0.25) is 0 Å². The summed E-state index contributed by atoms with van der Waals surface area (Å²) in [6.07, 6.45) is 4.33. The van der Waals surface area contributed by atoms with E-state index in [1.165, 1.54) is 19.3 Å². The molecule has 1 aliphatic carbocycles. The number of carboxylic acids is 1. The van der Waals surface area contributed by atoms with Crippen molar-refractivity contribution in [3.63, 3.8) is 0 Å². The lowest BCUT2D eigenvalue weighted by Crippen LogP contribution is -2.41. The topological polar surface area (TPSA) is 62.2 Å². The van der Waals surface area contributed by atoms with Gasteiger partial charge in [-0.1, -0.05) is 0 Å². The fraction of sp³-hybridized carbons (Fsp3) is 0.636. The minimum absolute atomic E-state index is 0.153. The van der Waals surface area contributed by atoms with Gasteiger partial charge >= 0.3 is 5.97 Å². The summed E-state index contributed by atoms with van der Waals surface area (Å²) in [5.74, 6) is -0.770. The molecular weight excluding hydrogens is 224 g/mol. The number of thiazole rings is 1. The average Bonchev–Trinajstić information content (AvgIpc) is 2.60. The lowest BCUT2D eigenvalue weighted by Gasteiger charge is -2.39. The minimum atomic E-state index is -0.770. The van der Waals surface area contributed by atoms with Crippen molar-refractivity contribution in [1.29, 1.82) is 0 Å². The van der Waals surface area contributed by atoms with E-state index in [1.807, 2.05) is 5.38 Å². The normalized spacial score (nSPS) is 17.8. The second-order valence-corrected chi connectivity index (χ2v) is 5.44. The number of rotatable bonds is 5. The second-order valence-electron chi connectivity index (χ2n) is 4.58. The van der Waals surface area contributed by atoms with Crippen LogP contribution in [0.1, 0.15) is 38.3 Å². The van der Waals surface area contributed by atoms with E-state index in [-0.39, 0.29) is 12.0 Å². The lowest BCUT2D eigenvalue weighted by atomic mass is 9.79. The Bertz CT molecular complexity index is 385. The van der Waals surface area contributed by atoms with Crippen molar-refractivity contribution in [3.05, 3.63) is 11.1 Å². The van der Waals surface area contributed by atoms with Gasteiger partial charge in [-0.15, -0.1) is 11.3 Å². The van der Waals surface area contributed by atoms with Gasteiger partial charge in [0.1, 0.15) is 0 Å². The molecule has 0 spiro atoms. The van der Waals surface area contributed by atoms with Crippen molar-refractivity contribution >= 4 is 22.4 Å². The van der Waals surface area contributed by atoms with Crippen molar-refractivity contribution in [3.8, 4) is 0 Å². The first kappa shape index (κ1) is 11.4. The van der Waals surface area contributed by atoms with Crippen molar-refractivity contribution in [2.24, 2.45) is 0 Å². The Hall–Kier alpha value is -1.10. The summed E-state index contributed by atoms with van der Waals surface area (Å²) in [7, 11) is 0. The highest BCUT2D eigenvalue weighted by Gasteiger charge is 2.32. The van der Waals surface area contributed by atoms with Crippen LogP contribution in [-0.2, 0) is 11.2 Å². The van der Waals surface area contributed by atoms with Crippen LogP contribution in [0.4, 0.5) is 5.13 Å². The zero-order valence-electron chi connectivity index (χ0n) is 9.32. The number of carboxylic acid groups (broad SMARTS) is 1. The molecule has 0 bridgehead atoms. The van der Waals surface area contributed by atoms with E-state index in [0.29, 0.717) is 6.42 Å². The number of anilines is 1.